The monoisotopic (exact) mass is 400 g/mol. The fourth-order valence-corrected chi connectivity index (χ4v) is 2.25. The highest BCUT2D eigenvalue weighted by Crippen LogP contribution is 2.32. The van der Waals surface area contributed by atoms with Crippen LogP contribution in [0.25, 0.3) is 11.4 Å². The van der Waals surface area contributed by atoms with Crippen LogP contribution in [0.3, 0.4) is 0 Å². The number of amides is 1. The molecule has 2 heterocycles. The molecule has 7 nitrogen and oxygen atoms in total. The lowest BCUT2D eigenvalue weighted by molar-refractivity contribution is -0.137. The Labute approximate surface area is 154 Å². The average molecular weight is 401 g/mol. The van der Waals surface area contributed by atoms with Crippen LogP contribution in [0.4, 0.5) is 23.4 Å². The zero-order chi connectivity index (χ0) is 19.6. The Bertz CT molecular complexity index is 990. The predicted octanol–water partition coefficient (Wildman–Crippen LogP) is 3.19. The summed E-state index contributed by atoms with van der Waals surface area (Å²) in [5, 5.41) is 13.2. The Hall–Kier alpha value is -3.08. The molecule has 0 bridgehead atoms. The normalized spacial score (nSPS) is 11.4. The van der Waals surface area contributed by atoms with Crippen LogP contribution >= 0.6 is 11.6 Å². The first-order valence-electron chi connectivity index (χ1n) is 7.29. The van der Waals surface area contributed by atoms with Crippen molar-refractivity contribution >= 4 is 23.3 Å². The Kier molecular flexibility index (Phi) is 5.04. The summed E-state index contributed by atoms with van der Waals surface area (Å²) in [6, 6.07) is 6.14. The van der Waals surface area contributed by atoms with Crippen molar-refractivity contribution in [1.29, 1.82) is 0 Å². The van der Waals surface area contributed by atoms with Crippen molar-refractivity contribution in [2.75, 3.05) is 5.32 Å². The SMILES string of the molecule is O=C(Cn1nnc(-c2cccc(F)c2)n1)Nc1ncc(C(F)(F)F)cc1Cl. The van der Waals surface area contributed by atoms with Crippen molar-refractivity contribution in [2.24, 2.45) is 0 Å². The summed E-state index contributed by atoms with van der Waals surface area (Å²) in [4.78, 5) is 16.4. The van der Waals surface area contributed by atoms with E-state index in [1.165, 1.54) is 18.2 Å². The third-order valence-corrected chi connectivity index (χ3v) is 3.54. The second-order valence-electron chi connectivity index (χ2n) is 5.25. The molecule has 0 fully saturated rings. The predicted molar refractivity (Wildman–Crippen MR) is 86.1 cm³/mol. The second kappa shape index (κ2) is 7.27. The maximum Gasteiger partial charge on any atom is 0.417 e. The lowest BCUT2D eigenvalue weighted by atomic mass is 10.2. The van der Waals surface area contributed by atoms with Crippen LogP contribution in [-0.2, 0) is 17.5 Å². The van der Waals surface area contributed by atoms with Gasteiger partial charge in [0.05, 0.1) is 10.6 Å². The van der Waals surface area contributed by atoms with Crippen molar-refractivity contribution < 1.29 is 22.4 Å². The van der Waals surface area contributed by atoms with E-state index in [-0.39, 0.29) is 16.7 Å². The summed E-state index contributed by atoms with van der Waals surface area (Å²) in [5.41, 5.74) is -0.669. The Morgan fingerprint density at radius 1 is 1.26 bits per heavy atom. The second-order valence-corrected chi connectivity index (χ2v) is 5.66. The van der Waals surface area contributed by atoms with Crippen LogP contribution in [0.5, 0.6) is 0 Å². The van der Waals surface area contributed by atoms with Crippen LogP contribution in [0.2, 0.25) is 5.02 Å². The molecule has 1 amide bonds. The Morgan fingerprint density at radius 2 is 2.04 bits per heavy atom. The topological polar surface area (TPSA) is 85.6 Å². The van der Waals surface area contributed by atoms with Crippen molar-refractivity contribution in [3.8, 4) is 11.4 Å². The standard InChI is InChI=1S/C15H9ClF4N6O/c16-11-5-9(15(18,19)20)6-21-14(11)22-12(27)7-26-24-13(23-25-26)8-2-1-3-10(17)4-8/h1-6H,7H2,(H,21,22,27). The molecule has 0 atom stereocenters. The fourth-order valence-electron chi connectivity index (χ4n) is 2.04. The van der Waals surface area contributed by atoms with Crippen LogP contribution in [-0.4, -0.2) is 31.1 Å². The number of nitrogens with zero attached hydrogens (tertiary/aromatic N) is 5. The van der Waals surface area contributed by atoms with E-state index in [0.29, 0.717) is 17.8 Å². The van der Waals surface area contributed by atoms with Gasteiger partial charge in [-0.25, -0.2) is 9.37 Å². The number of aromatic nitrogens is 5. The summed E-state index contributed by atoms with van der Waals surface area (Å²) in [5.74, 6) is -1.30. The van der Waals surface area contributed by atoms with E-state index >= 15 is 0 Å². The van der Waals surface area contributed by atoms with Crippen molar-refractivity contribution in [1.82, 2.24) is 25.2 Å². The largest absolute Gasteiger partial charge is 0.417 e. The molecule has 1 N–H and O–H groups in total. The first kappa shape index (κ1) is 18.7. The number of pyridine rings is 1. The van der Waals surface area contributed by atoms with Crippen LogP contribution in [0, 0.1) is 5.82 Å². The summed E-state index contributed by atoms with van der Waals surface area (Å²) in [7, 11) is 0. The molecule has 0 radical (unpaired) electrons. The van der Waals surface area contributed by atoms with E-state index in [9.17, 15) is 22.4 Å². The molecule has 1 aromatic carbocycles. The number of alkyl halides is 3. The number of hydrogen-bond donors (Lipinski definition) is 1. The first-order valence-corrected chi connectivity index (χ1v) is 7.66. The minimum absolute atomic E-state index is 0.105. The van der Waals surface area contributed by atoms with E-state index in [2.05, 4.69) is 25.7 Å². The van der Waals surface area contributed by atoms with Crippen LogP contribution in [0.1, 0.15) is 5.56 Å². The lowest BCUT2D eigenvalue weighted by Gasteiger charge is -2.09. The molecule has 0 saturated heterocycles. The van der Waals surface area contributed by atoms with Crippen LogP contribution in [0.15, 0.2) is 36.5 Å². The molecule has 0 unspecified atom stereocenters. The molecule has 3 rings (SSSR count). The first-order chi connectivity index (χ1) is 12.7. The number of rotatable bonds is 4. The number of carbonyl (C=O) groups excluding carboxylic acids is 1. The smallest absolute Gasteiger partial charge is 0.308 e. The lowest BCUT2D eigenvalue weighted by Crippen LogP contribution is -2.21. The van der Waals surface area contributed by atoms with E-state index in [1.807, 2.05) is 0 Å². The van der Waals surface area contributed by atoms with Gasteiger partial charge in [-0.15, -0.1) is 10.2 Å². The molecular formula is C15H9ClF4N6O. The average Bonchev–Trinajstić information content (AvgIpc) is 3.04. The summed E-state index contributed by atoms with van der Waals surface area (Å²) in [6.07, 6.45) is -4.05. The quantitative estimate of drug-likeness (QED) is 0.680. The number of halogens is 5. The van der Waals surface area contributed by atoms with Gasteiger partial charge < -0.3 is 5.32 Å². The van der Waals surface area contributed by atoms with E-state index < -0.39 is 30.0 Å². The van der Waals surface area contributed by atoms with Gasteiger partial charge in [0, 0.05) is 11.8 Å². The number of tetrazole rings is 1. The highest BCUT2D eigenvalue weighted by atomic mass is 35.5. The van der Waals surface area contributed by atoms with Gasteiger partial charge in [0.25, 0.3) is 0 Å². The van der Waals surface area contributed by atoms with Crippen molar-refractivity contribution in [3.05, 3.63) is 52.9 Å². The van der Waals surface area contributed by atoms with Gasteiger partial charge >= 0.3 is 6.18 Å². The zero-order valence-electron chi connectivity index (χ0n) is 13.2. The Balaban J connectivity index is 1.68. The minimum Gasteiger partial charge on any atom is -0.308 e. The summed E-state index contributed by atoms with van der Waals surface area (Å²) < 4.78 is 51.0. The molecule has 140 valence electrons. The number of anilines is 1. The molecule has 12 heteroatoms. The molecule has 27 heavy (non-hydrogen) atoms. The van der Waals surface area contributed by atoms with E-state index in [0.717, 1.165) is 4.80 Å². The third kappa shape index (κ3) is 4.56. The molecule has 0 spiro atoms. The highest BCUT2D eigenvalue weighted by molar-refractivity contribution is 6.33. The number of hydrogen-bond acceptors (Lipinski definition) is 5. The van der Waals surface area contributed by atoms with Gasteiger partial charge in [0.15, 0.2) is 5.82 Å². The minimum atomic E-state index is -4.60. The van der Waals surface area contributed by atoms with E-state index in [1.54, 1.807) is 6.07 Å². The fraction of sp³-hybridized carbons (Fsp3) is 0.133. The van der Waals surface area contributed by atoms with Gasteiger partial charge in [-0.2, -0.15) is 18.0 Å². The van der Waals surface area contributed by atoms with E-state index in [4.69, 9.17) is 11.6 Å². The molecule has 0 saturated carbocycles. The van der Waals surface area contributed by atoms with Crippen molar-refractivity contribution in [2.45, 2.75) is 12.7 Å². The summed E-state index contributed by atoms with van der Waals surface area (Å²) >= 11 is 5.72. The van der Waals surface area contributed by atoms with Gasteiger partial charge in [-0.3, -0.25) is 4.79 Å². The van der Waals surface area contributed by atoms with Crippen molar-refractivity contribution in [3.63, 3.8) is 0 Å². The number of benzene rings is 1. The Morgan fingerprint density at radius 3 is 2.70 bits per heavy atom. The molecule has 3 aromatic rings. The maximum atomic E-state index is 13.2. The van der Waals surface area contributed by atoms with Gasteiger partial charge in [-0.05, 0) is 23.4 Å². The van der Waals surface area contributed by atoms with Gasteiger partial charge in [-0.1, -0.05) is 23.7 Å². The van der Waals surface area contributed by atoms with Gasteiger partial charge in [0.1, 0.15) is 12.4 Å². The third-order valence-electron chi connectivity index (χ3n) is 3.25. The van der Waals surface area contributed by atoms with Gasteiger partial charge in [0.2, 0.25) is 11.7 Å². The molecule has 2 aromatic heterocycles. The number of nitrogens with one attached hydrogen (secondary N) is 1. The molecular weight excluding hydrogens is 392 g/mol. The molecule has 0 aliphatic heterocycles. The van der Waals surface area contributed by atoms with Crippen LogP contribution < -0.4 is 5.32 Å². The number of carbonyl (C=O) groups is 1. The maximum absolute atomic E-state index is 13.2. The highest BCUT2D eigenvalue weighted by Gasteiger charge is 2.31. The zero-order valence-corrected chi connectivity index (χ0v) is 14.0. The molecule has 0 aliphatic carbocycles. The molecule has 0 aliphatic rings. The summed E-state index contributed by atoms with van der Waals surface area (Å²) in [6.45, 7) is -0.401.